The number of halogens is 2. The fourth-order valence-corrected chi connectivity index (χ4v) is 7.48. The highest BCUT2D eigenvalue weighted by molar-refractivity contribution is 8.01. The number of nitrogens with zero attached hydrogens (tertiary/aromatic N) is 4. The lowest BCUT2D eigenvalue weighted by atomic mass is 10.0. The molecule has 2 amide bonds. The second-order valence-electron chi connectivity index (χ2n) is 9.90. The molecule has 1 aliphatic carbocycles. The van der Waals surface area contributed by atoms with Gasteiger partial charge in [0.05, 0.1) is 10.5 Å². The number of aryl methyl sites for hydroxylation is 1. The van der Waals surface area contributed by atoms with Crippen molar-refractivity contribution >= 4 is 63.8 Å². The molecule has 0 spiro atoms. The fraction of sp³-hybridized carbons (Fsp3) is 0.320. The molecule has 17 heteroatoms. The molecule has 2 atom stereocenters. The zero-order valence-corrected chi connectivity index (χ0v) is 23.9. The number of rotatable bonds is 7. The van der Waals surface area contributed by atoms with E-state index in [4.69, 9.17) is 11.6 Å². The molecular weight excluding hydrogens is 615 g/mol. The van der Waals surface area contributed by atoms with Crippen LogP contribution in [0.25, 0.3) is 10.9 Å². The Kier molecular flexibility index (Phi) is 7.01. The number of fused-ring (bicyclic) bond motifs is 2. The van der Waals surface area contributed by atoms with Crippen LogP contribution in [0.3, 0.4) is 0 Å². The molecule has 218 valence electrons. The van der Waals surface area contributed by atoms with Gasteiger partial charge in [-0.1, -0.05) is 23.4 Å². The van der Waals surface area contributed by atoms with E-state index >= 15 is 0 Å². The van der Waals surface area contributed by atoms with Gasteiger partial charge < -0.3 is 15.0 Å². The first-order chi connectivity index (χ1) is 20.0. The van der Waals surface area contributed by atoms with Gasteiger partial charge in [-0.3, -0.25) is 38.7 Å². The Morgan fingerprint density at radius 3 is 2.69 bits per heavy atom. The highest BCUT2D eigenvalue weighted by Crippen LogP contribution is 2.42. The van der Waals surface area contributed by atoms with E-state index in [1.54, 1.807) is 4.57 Å². The molecule has 1 aromatic carbocycles. The molecule has 13 nitrogen and oxygen atoms in total. The summed E-state index contributed by atoms with van der Waals surface area (Å²) in [6, 6.07) is 1.26. The van der Waals surface area contributed by atoms with Crippen molar-refractivity contribution < 1.29 is 23.9 Å². The van der Waals surface area contributed by atoms with E-state index in [1.165, 1.54) is 35.8 Å². The molecule has 4 heterocycles. The lowest BCUT2D eigenvalue weighted by Crippen LogP contribution is -2.70. The summed E-state index contributed by atoms with van der Waals surface area (Å²) in [7, 11) is 1.47. The first-order valence-corrected chi connectivity index (χ1v) is 14.9. The SMILES string of the molecule is Cn1[nH]c(=O)c(=O)nc1SCC1=C(C(=O)O)N2C(=O)C(NC(=O)c3cn(C4CC4)c4cc(Cl)c(F)cc4c3=O)[C@@H]2SC1. The number of carboxylic acids is 1. The topological polar surface area (TPSA) is 176 Å². The first kappa shape index (κ1) is 28.2. The highest BCUT2D eigenvalue weighted by atomic mass is 35.5. The summed E-state index contributed by atoms with van der Waals surface area (Å²) in [5.41, 5.74) is -2.33. The summed E-state index contributed by atoms with van der Waals surface area (Å²) in [6.07, 6.45) is 3.00. The summed E-state index contributed by atoms with van der Waals surface area (Å²) in [5, 5.41) is 14.1. The number of hydrogen-bond donors (Lipinski definition) is 3. The maximum Gasteiger partial charge on any atom is 0.352 e. The highest BCUT2D eigenvalue weighted by Gasteiger charge is 2.54. The molecule has 6 rings (SSSR count). The van der Waals surface area contributed by atoms with Crippen LogP contribution in [-0.4, -0.2) is 70.0 Å². The number of benzene rings is 1. The molecule has 1 unspecified atom stereocenters. The number of β-lactam (4-membered cyclic amide) rings is 1. The number of aromatic amines is 1. The number of pyridine rings is 1. The number of nitrogens with one attached hydrogen (secondary N) is 2. The van der Waals surface area contributed by atoms with Crippen molar-refractivity contribution in [1.29, 1.82) is 0 Å². The van der Waals surface area contributed by atoms with E-state index in [0.29, 0.717) is 11.1 Å². The van der Waals surface area contributed by atoms with Crippen LogP contribution in [0.5, 0.6) is 0 Å². The Bertz CT molecular complexity index is 1930. The van der Waals surface area contributed by atoms with Crippen LogP contribution in [0.1, 0.15) is 29.2 Å². The largest absolute Gasteiger partial charge is 0.477 e. The second kappa shape index (κ2) is 10.4. The number of aliphatic carboxylic acids is 1. The van der Waals surface area contributed by atoms with Gasteiger partial charge in [0.15, 0.2) is 5.16 Å². The summed E-state index contributed by atoms with van der Waals surface area (Å²) >= 11 is 8.18. The van der Waals surface area contributed by atoms with Gasteiger partial charge in [0.2, 0.25) is 5.43 Å². The lowest BCUT2D eigenvalue weighted by Gasteiger charge is -2.49. The third-order valence-corrected chi connectivity index (χ3v) is 9.86. The number of thioether (sulfide) groups is 2. The van der Waals surface area contributed by atoms with Crippen molar-refractivity contribution in [3.63, 3.8) is 0 Å². The molecule has 2 fully saturated rings. The minimum absolute atomic E-state index is 0.0160. The van der Waals surface area contributed by atoms with Crippen LogP contribution in [0, 0.1) is 5.82 Å². The number of carbonyl (C=O) groups is 3. The van der Waals surface area contributed by atoms with E-state index < -0.39 is 51.6 Å². The number of carboxylic acid groups (broad SMARTS) is 1. The van der Waals surface area contributed by atoms with E-state index in [0.717, 1.165) is 35.6 Å². The van der Waals surface area contributed by atoms with E-state index in [-0.39, 0.29) is 44.4 Å². The third-order valence-electron chi connectivity index (χ3n) is 7.12. The zero-order valence-electron chi connectivity index (χ0n) is 21.6. The fourth-order valence-electron chi connectivity index (χ4n) is 4.92. The Morgan fingerprint density at radius 2 is 2.00 bits per heavy atom. The minimum Gasteiger partial charge on any atom is -0.477 e. The summed E-state index contributed by atoms with van der Waals surface area (Å²) in [6.45, 7) is 0. The average molecular weight is 635 g/mol. The van der Waals surface area contributed by atoms with Crippen molar-refractivity contribution in [2.24, 2.45) is 7.05 Å². The van der Waals surface area contributed by atoms with Crippen LogP contribution in [0.2, 0.25) is 5.02 Å². The van der Waals surface area contributed by atoms with Crippen LogP contribution < -0.4 is 21.9 Å². The quantitative estimate of drug-likeness (QED) is 0.193. The van der Waals surface area contributed by atoms with Gasteiger partial charge in [0.1, 0.15) is 28.5 Å². The molecular formula is C25H20ClFN6O7S2. The van der Waals surface area contributed by atoms with Gasteiger partial charge >= 0.3 is 17.1 Å². The van der Waals surface area contributed by atoms with E-state index in [1.807, 2.05) is 0 Å². The molecule has 3 aliphatic rings. The molecule has 1 saturated carbocycles. The summed E-state index contributed by atoms with van der Waals surface area (Å²) in [4.78, 5) is 79.7. The Balaban J connectivity index is 1.24. The average Bonchev–Trinajstić information content (AvgIpc) is 3.79. The minimum atomic E-state index is -1.35. The second-order valence-corrected chi connectivity index (χ2v) is 12.4. The van der Waals surface area contributed by atoms with Crippen molar-refractivity contribution in [2.45, 2.75) is 35.5 Å². The molecule has 3 N–H and O–H groups in total. The van der Waals surface area contributed by atoms with Crippen molar-refractivity contribution in [3.05, 3.63) is 76.9 Å². The van der Waals surface area contributed by atoms with Crippen LogP contribution in [0.4, 0.5) is 4.39 Å². The Labute approximate surface area is 247 Å². The van der Waals surface area contributed by atoms with Gasteiger partial charge in [-0.15, -0.1) is 11.8 Å². The van der Waals surface area contributed by atoms with Crippen molar-refractivity contribution in [1.82, 2.24) is 29.5 Å². The maximum absolute atomic E-state index is 14.2. The third kappa shape index (κ3) is 4.72. The predicted molar refractivity (Wildman–Crippen MR) is 151 cm³/mol. The smallest absolute Gasteiger partial charge is 0.352 e. The van der Waals surface area contributed by atoms with E-state index in [9.17, 15) is 38.3 Å². The number of carbonyl (C=O) groups excluding carboxylic acids is 2. The Hall–Kier alpha value is -3.89. The Morgan fingerprint density at radius 1 is 1.26 bits per heavy atom. The molecule has 42 heavy (non-hydrogen) atoms. The number of aromatic nitrogens is 4. The van der Waals surface area contributed by atoms with Gasteiger partial charge in [-0.25, -0.2) is 9.18 Å². The monoisotopic (exact) mass is 634 g/mol. The first-order valence-electron chi connectivity index (χ1n) is 12.5. The summed E-state index contributed by atoms with van der Waals surface area (Å²) < 4.78 is 17.2. The van der Waals surface area contributed by atoms with Crippen molar-refractivity contribution in [3.8, 4) is 0 Å². The predicted octanol–water partition coefficient (Wildman–Crippen LogP) is 1.06. The van der Waals surface area contributed by atoms with Gasteiger partial charge in [-0.05, 0) is 30.5 Å². The maximum atomic E-state index is 14.2. The van der Waals surface area contributed by atoms with Crippen LogP contribution >= 0.6 is 35.1 Å². The molecule has 2 aromatic heterocycles. The zero-order chi connectivity index (χ0) is 30.0. The standard InChI is InChI=1S/C25H20ClFN6O7S2/c1-31-25(29-20(36)21(37)30-31)42-8-9-7-41-23-16(22(38)33(23)17(9)24(39)40)28-19(35)12-6-32(10-2-3-10)15-5-13(26)14(27)4-11(15)18(12)34/h4-6,10,16,23H,2-3,7-8H2,1H3,(H,28,35)(H,30,37)(H,39,40)/t16?,23-/m0/s1. The summed E-state index contributed by atoms with van der Waals surface area (Å²) in [5.74, 6) is -3.40. The van der Waals surface area contributed by atoms with Gasteiger partial charge in [-0.2, -0.15) is 4.98 Å². The number of hydrogen-bond acceptors (Lipinski definition) is 9. The van der Waals surface area contributed by atoms with Gasteiger partial charge in [0.25, 0.3) is 11.8 Å². The van der Waals surface area contributed by atoms with Gasteiger partial charge in [0, 0.05) is 36.2 Å². The molecule has 2 aliphatic heterocycles. The van der Waals surface area contributed by atoms with Crippen molar-refractivity contribution in [2.75, 3.05) is 11.5 Å². The normalized spacial score (nSPS) is 20.0. The molecule has 3 aromatic rings. The number of amides is 2. The van der Waals surface area contributed by atoms with Crippen LogP contribution in [0.15, 0.2) is 49.1 Å². The lowest BCUT2D eigenvalue weighted by molar-refractivity contribution is -0.148. The number of H-pyrrole nitrogens is 1. The molecule has 1 saturated heterocycles. The van der Waals surface area contributed by atoms with Crippen LogP contribution in [-0.2, 0) is 16.6 Å². The molecule has 0 bridgehead atoms. The van der Waals surface area contributed by atoms with E-state index in [2.05, 4.69) is 15.4 Å². The molecule has 0 radical (unpaired) electrons.